The van der Waals surface area contributed by atoms with Crippen LogP contribution in [-0.4, -0.2) is 6.61 Å². The molecule has 0 saturated heterocycles. The zero-order valence-electron chi connectivity index (χ0n) is 12.9. The Balaban J connectivity index is 1.79. The molecule has 0 radical (unpaired) electrons. The molecule has 0 heterocycles. The first-order valence-electron chi connectivity index (χ1n) is 7.74. The van der Waals surface area contributed by atoms with Gasteiger partial charge in [0.1, 0.15) is 5.75 Å². The molecule has 2 rings (SSSR count). The lowest BCUT2D eigenvalue weighted by molar-refractivity contribution is 0.306. The van der Waals surface area contributed by atoms with E-state index in [2.05, 4.69) is 17.8 Å². The molecule has 2 aromatic rings. The fourth-order valence-electron chi connectivity index (χ4n) is 2.08. The van der Waals surface area contributed by atoms with Crippen LogP contribution in [0, 0.1) is 0 Å². The van der Waals surface area contributed by atoms with E-state index in [0.29, 0.717) is 11.6 Å². The number of nitrogens with one attached hydrogen (secondary N) is 2. The van der Waals surface area contributed by atoms with Crippen molar-refractivity contribution in [2.24, 2.45) is 0 Å². The SMILES string of the molecule is CCCCCOc1ccc(CNNc2ccccc2)cc1Cl. The summed E-state index contributed by atoms with van der Waals surface area (Å²) in [5, 5.41) is 0.663. The van der Waals surface area contributed by atoms with Gasteiger partial charge in [-0.3, -0.25) is 0 Å². The van der Waals surface area contributed by atoms with E-state index in [1.807, 2.05) is 48.5 Å². The van der Waals surface area contributed by atoms with Crippen LogP contribution in [0.15, 0.2) is 48.5 Å². The molecule has 0 unspecified atom stereocenters. The van der Waals surface area contributed by atoms with Gasteiger partial charge in [-0.1, -0.05) is 55.6 Å². The summed E-state index contributed by atoms with van der Waals surface area (Å²) in [5.74, 6) is 0.762. The van der Waals surface area contributed by atoms with Crippen LogP contribution in [0.25, 0.3) is 0 Å². The molecular formula is C18H23ClN2O. The lowest BCUT2D eigenvalue weighted by Gasteiger charge is -2.11. The topological polar surface area (TPSA) is 33.3 Å². The van der Waals surface area contributed by atoms with Crippen molar-refractivity contribution in [1.29, 1.82) is 0 Å². The zero-order valence-corrected chi connectivity index (χ0v) is 13.7. The smallest absolute Gasteiger partial charge is 0.137 e. The minimum atomic E-state index is 0.663. The first-order valence-corrected chi connectivity index (χ1v) is 8.12. The van der Waals surface area contributed by atoms with Gasteiger partial charge in [0, 0.05) is 12.2 Å². The van der Waals surface area contributed by atoms with Crippen LogP contribution in [-0.2, 0) is 6.54 Å². The highest BCUT2D eigenvalue weighted by molar-refractivity contribution is 6.32. The number of para-hydroxylation sites is 1. The molecule has 0 aliphatic rings. The average Bonchev–Trinajstić information content (AvgIpc) is 2.54. The number of ether oxygens (including phenoxy) is 1. The van der Waals surface area contributed by atoms with Gasteiger partial charge in [-0.25, -0.2) is 5.43 Å². The number of benzene rings is 2. The normalized spacial score (nSPS) is 10.5. The zero-order chi connectivity index (χ0) is 15.6. The van der Waals surface area contributed by atoms with Gasteiger partial charge >= 0.3 is 0 Å². The summed E-state index contributed by atoms with van der Waals surface area (Å²) in [6.45, 7) is 3.59. The first-order chi connectivity index (χ1) is 10.8. The van der Waals surface area contributed by atoms with Crippen molar-refractivity contribution >= 4 is 17.3 Å². The van der Waals surface area contributed by atoms with Crippen molar-refractivity contribution in [1.82, 2.24) is 5.43 Å². The Labute approximate surface area is 137 Å². The van der Waals surface area contributed by atoms with Gasteiger partial charge in [0.25, 0.3) is 0 Å². The fraction of sp³-hybridized carbons (Fsp3) is 0.333. The molecule has 0 aromatic heterocycles. The van der Waals surface area contributed by atoms with Crippen LogP contribution in [0.3, 0.4) is 0 Å². The van der Waals surface area contributed by atoms with E-state index >= 15 is 0 Å². The standard InChI is InChI=1S/C18H23ClN2O/c1-2-3-7-12-22-18-11-10-15(13-17(18)19)14-20-21-16-8-5-4-6-9-16/h4-6,8-11,13,20-21H,2-3,7,12,14H2,1H3. The number of hydrazine groups is 1. The molecule has 4 heteroatoms. The highest BCUT2D eigenvalue weighted by Gasteiger charge is 2.03. The van der Waals surface area contributed by atoms with Crippen LogP contribution in [0.4, 0.5) is 5.69 Å². The van der Waals surface area contributed by atoms with Crippen molar-refractivity contribution in [3.05, 3.63) is 59.1 Å². The molecular weight excluding hydrogens is 296 g/mol. The van der Waals surface area contributed by atoms with Crippen LogP contribution in [0.2, 0.25) is 5.02 Å². The van der Waals surface area contributed by atoms with Crippen molar-refractivity contribution in [3.63, 3.8) is 0 Å². The minimum Gasteiger partial charge on any atom is -0.492 e. The van der Waals surface area contributed by atoms with Gasteiger partial charge in [0.05, 0.1) is 11.6 Å². The maximum Gasteiger partial charge on any atom is 0.137 e. The first kappa shape index (κ1) is 16.7. The Morgan fingerprint density at radius 1 is 1.05 bits per heavy atom. The Kier molecular flexibility index (Phi) is 7.07. The summed E-state index contributed by atoms with van der Waals surface area (Å²) >= 11 is 6.26. The van der Waals surface area contributed by atoms with E-state index in [0.717, 1.165) is 30.0 Å². The maximum absolute atomic E-state index is 6.26. The molecule has 2 aromatic carbocycles. The molecule has 0 aliphatic carbocycles. The van der Waals surface area contributed by atoms with E-state index in [-0.39, 0.29) is 0 Å². The van der Waals surface area contributed by atoms with Crippen LogP contribution in [0.1, 0.15) is 31.7 Å². The molecule has 0 atom stereocenters. The quantitative estimate of drug-likeness (QED) is 0.503. The summed E-state index contributed by atoms with van der Waals surface area (Å²) in [5.41, 5.74) is 8.46. The highest BCUT2D eigenvalue weighted by Crippen LogP contribution is 2.25. The second kappa shape index (κ2) is 9.34. The van der Waals surface area contributed by atoms with E-state index in [9.17, 15) is 0 Å². The molecule has 0 saturated carbocycles. The Hall–Kier alpha value is -1.71. The summed E-state index contributed by atoms with van der Waals surface area (Å²) in [7, 11) is 0. The molecule has 0 aliphatic heterocycles. The number of halogens is 1. The predicted molar refractivity (Wildman–Crippen MR) is 93.4 cm³/mol. The molecule has 22 heavy (non-hydrogen) atoms. The molecule has 0 fully saturated rings. The van der Waals surface area contributed by atoms with E-state index in [4.69, 9.17) is 16.3 Å². The average molecular weight is 319 g/mol. The van der Waals surface area contributed by atoms with Crippen molar-refractivity contribution in [3.8, 4) is 5.75 Å². The molecule has 0 amide bonds. The summed E-state index contributed by atoms with van der Waals surface area (Å²) < 4.78 is 5.70. The number of rotatable bonds is 9. The van der Waals surface area contributed by atoms with Gasteiger partial charge in [-0.2, -0.15) is 0 Å². The van der Waals surface area contributed by atoms with Gasteiger partial charge in [0.15, 0.2) is 0 Å². The van der Waals surface area contributed by atoms with E-state index in [1.54, 1.807) is 0 Å². The Morgan fingerprint density at radius 3 is 2.59 bits per heavy atom. The van der Waals surface area contributed by atoms with Gasteiger partial charge < -0.3 is 10.2 Å². The second-order valence-corrected chi connectivity index (χ2v) is 5.57. The minimum absolute atomic E-state index is 0.663. The van der Waals surface area contributed by atoms with Crippen molar-refractivity contribution in [2.45, 2.75) is 32.7 Å². The van der Waals surface area contributed by atoms with Crippen molar-refractivity contribution < 1.29 is 4.74 Å². The molecule has 118 valence electrons. The third-order valence-corrected chi connectivity index (χ3v) is 3.60. The van der Waals surface area contributed by atoms with Crippen LogP contribution < -0.4 is 15.6 Å². The van der Waals surface area contributed by atoms with E-state index < -0.39 is 0 Å². The maximum atomic E-state index is 6.26. The Bertz CT molecular complexity index is 560. The molecule has 2 N–H and O–H groups in total. The second-order valence-electron chi connectivity index (χ2n) is 5.16. The van der Waals surface area contributed by atoms with Crippen LogP contribution in [0.5, 0.6) is 5.75 Å². The number of hydrogen-bond acceptors (Lipinski definition) is 3. The molecule has 0 spiro atoms. The largest absolute Gasteiger partial charge is 0.492 e. The van der Waals surface area contributed by atoms with Crippen LogP contribution >= 0.6 is 11.6 Å². The van der Waals surface area contributed by atoms with Gasteiger partial charge in [-0.05, 0) is 36.2 Å². The summed E-state index contributed by atoms with van der Waals surface area (Å²) in [6, 6.07) is 15.9. The van der Waals surface area contributed by atoms with Crippen molar-refractivity contribution in [2.75, 3.05) is 12.0 Å². The summed E-state index contributed by atoms with van der Waals surface area (Å²) in [4.78, 5) is 0. The van der Waals surface area contributed by atoms with E-state index in [1.165, 1.54) is 12.8 Å². The number of anilines is 1. The summed E-state index contributed by atoms with van der Waals surface area (Å²) in [6.07, 6.45) is 3.44. The lowest BCUT2D eigenvalue weighted by atomic mass is 10.2. The van der Waals surface area contributed by atoms with Gasteiger partial charge in [0.2, 0.25) is 0 Å². The number of unbranched alkanes of at least 4 members (excludes halogenated alkanes) is 2. The highest BCUT2D eigenvalue weighted by atomic mass is 35.5. The molecule has 3 nitrogen and oxygen atoms in total. The third-order valence-electron chi connectivity index (χ3n) is 3.30. The Morgan fingerprint density at radius 2 is 1.86 bits per heavy atom. The lowest BCUT2D eigenvalue weighted by Crippen LogP contribution is -2.20. The third kappa shape index (κ3) is 5.58. The van der Waals surface area contributed by atoms with Gasteiger partial charge in [-0.15, -0.1) is 0 Å². The fourth-order valence-corrected chi connectivity index (χ4v) is 2.33. The predicted octanol–water partition coefficient (Wildman–Crippen LogP) is 5.03. The molecule has 0 bridgehead atoms. The number of hydrogen-bond donors (Lipinski definition) is 2. The monoisotopic (exact) mass is 318 g/mol.